The highest BCUT2D eigenvalue weighted by atomic mass is 79.9. The number of nitrogens with one attached hydrogen (secondary N) is 1. The molecule has 0 fully saturated rings. The van der Waals surface area contributed by atoms with Crippen LogP contribution in [0, 0.1) is 0 Å². The predicted octanol–water partition coefficient (Wildman–Crippen LogP) is 3.90. The van der Waals surface area contributed by atoms with E-state index in [1.54, 1.807) is 6.20 Å². The smallest absolute Gasteiger partial charge is 0.117 e. The highest BCUT2D eigenvalue weighted by Gasteiger charge is 2.09. The normalized spacial score (nSPS) is 10.5. The molecule has 0 aliphatic rings. The maximum atomic E-state index is 4.23. The van der Waals surface area contributed by atoms with Crippen LogP contribution in [0.4, 0.5) is 0 Å². The van der Waals surface area contributed by atoms with Crippen LogP contribution in [-0.4, -0.2) is 15.2 Å². The summed E-state index contributed by atoms with van der Waals surface area (Å²) in [5, 5.41) is 8.19. The van der Waals surface area contributed by atoms with Gasteiger partial charge in [-0.2, -0.15) is 5.10 Å². The molecule has 0 atom stereocenters. The van der Waals surface area contributed by atoms with E-state index in [0.29, 0.717) is 0 Å². The standard InChI is InChI=1S/C14H10BrN3/c15-11-5-3-10(4-6-11)12-7-9-17-18-14(12)13-2-1-8-16-13/h1-9,16H. The Kier molecular flexibility index (Phi) is 2.94. The highest BCUT2D eigenvalue weighted by Crippen LogP contribution is 2.29. The zero-order valence-electron chi connectivity index (χ0n) is 9.47. The minimum atomic E-state index is 0.866. The second-order valence-electron chi connectivity index (χ2n) is 3.88. The number of hydrogen-bond acceptors (Lipinski definition) is 2. The van der Waals surface area contributed by atoms with Crippen molar-refractivity contribution in [2.45, 2.75) is 0 Å². The van der Waals surface area contributed by atoms with Gasteiger partial charge in [0.1, 0.15) is 5.69 Å². The van der Waals surface area contributed by atoms with Crippen molar-refractivity contribution in [2.75, 3.05) is 0 Å². The minimum absolute atomic E-state index is 0.866. The average molecular weight is 300 g/mol. The van der Waals surface area contributed by atoms with Crippen molar-refractivity contribution in [1.82, 2.24) is 15.2 Å². The van der Waals surface area contributed by atoms with Crippen molar-refractivity contribution in [1.29, 1.82) is 0 Å². The number of halogens is 1. The topological polar surface area (TPSA) is 41.6 Å². The summed E-state index contributed by atoms with van der Waals surface area (Å²) in [5.74, 6) is 0. The summed E-state index contributed by atoms with van der Waals surface area (Å²) < 4.78 is 1.06. The van der Waals surface area contributed by atoms with E-state index >= 15 is 0 Å². The molecule has 0 aliphatic carbocycles. The van der Waals surface area contributed by atoms with E-state index in [1.807, 2.05) is 36.5 Å². The van der Waals surface area contributed by atoms with Gasteiger partial charge in [-0.1, -0.05) is 28.1 Å². The second kappa shape index (κ2) is 4.74. The lowest BCUT2D eigenvalue weighted by molar-refractivity contribution is 1.03. The van der Waals surface area contributed by atoms with Gasteiger partial charge < -0.3 is 4.98 Å². The highest BCUT2D eigenvalue weighted by molar-refractivity contribution is 9.10. The summed E-state index contributed by atoms with van der Waals surface area (Å²) in [7, 11) is 0. The molecule has 3 aromatic rings. The van der Waals surface area contributed by atoms with Gasteiger partial charge in [0, 0.05) is 16.2 Å². The maximum Gasteiger partial charge on any atom is 0.117 e. The van der Waals surface area contributed by atoms with Crippen molar-refractivity contribution in [3.8, 4) is 22.5 Å². The first-order valence-electron chi connectivity index (χ1n) is 5.56. The molecule has 2 heterocycles. The predicted molar refractivity (Wildman–Crippen MR) is 75.0 cm³/mol. The maximum absolute atomic E-state index is 4.23. The number of rotatable bonds is 2. The van der Waals surface area contributed by atoms with Gasteiger partial charge in [0.2, 0.25) is 0 Å². The van der Waals surface area contributed by atoms with Crippen LogP contribution >= 0.6 is 15.9 Å². The third kappa shape index (κ3) is 2.07. The van der Waals surface area contributed by atoms with Crippen LogP contribution in [0.25, 0.3) is 22.5 Å². The summed E-state index contributed by atoms with van der Waals surface area (Å²) >= 11 is 3.44. The van der Waals surface area contributed by atoms with Gasteiger partial charge in [-0.3, -0.25) is 0 Å². The number of aromatic amines is 1. The molecule has 0 amide bonds. The molecule has 0 aliphatic heterocycles. The number of hydrogen-bond donors (Lipinski definition) is 1. The van der Waals surface area contributed by atoms with E-state index in [-0.39, 0.29) is 0 Å². The molecule has 3 nitrogen and oxygen atoms in total. The molecule has 4 heteroatoms. The average Bonchev–Trinajstić information content (AvgIpc) is 2.93. The molecule has 3 rings (SSSR count). The Morgan fingerprint density at radius 2 is 1.83 bits per heavy atom. The van der Waals surface area contributed by atoms with Gasteiger partial charge in [0.05, 0.1) is 11.9 Å². The van der Waals surface area contributed by atoms with Crippen LogP contribution in [0.15, 0.2) is 59.3 Å². The van der Waals surface area contributed by atoms with Gasteiger partial charge in [-0.25, -0.2) is 0 Å². The number of aromatic nitrogens is 3. The Bertz CT molecular complexity index is 645. The summed E-state index contributed by atoms with van der Waals surface area (Å²) in [6, 6.07) is 14.1. The molecule has 0 spiro atoms. The van der Waals surface area contributed by atoms with Crippen LogP contribution in [0.1, 0.15) is 0 Å². The van der Waals surface area contributed by atoms with Gasteiger partial charge >= 0.3 is 0 Å². The van der Waals surface area contributed by atoms with Crippen LogP contribution in [0.3, 0.4) is 0 Å². The first-order valence-corrected chi connectivity index (χ1v) is 6.35. The first-order chi connectivity index (χ1) is 8.84. The van der Waals surface area contributed by atoms with Crippen molar-refractivity contribution in [3.05, 3.63) is 59.3 Å². The Balaban J connectivity index is 2.15. The summed E-state index contributed by atoms with van der Waals surface area (Å²) in [6.45, 7) is 0. The van der Waals surface area contributed by atoms with Gasteiger partial charge in [-0.15, -0.1) is 5.10 Å². The quantitative estimate of drug-likeness (QED) is 0.780. The molecule has 0 saturated heterocycles. The third-order valence-electron chi connectivity index (χ3n) is 2.73. The lowest BCUT2D eigenvalue weighted by atomic mass is 10.0. The Morgan fingerprint density at radius 1 is 1.00 bits per heavy atom. The monoisotopic (exact) mass is 299 g/mol. The molecule has 88 valence electrons. The molecule has 1 aromatic carbocycles. The Hall–Kier alpha value is -1.94. The van der Waals surface area contributed by atoms with Crippen molar-refractivity contribution < 1.29 is 0 Å². The van der Waals surface area contributed by atoms with E-state index in [9.17, 15) is 0 Å². The van der Waals surface area contributed by atoms with Crippen LogP contribution in [-0.2, 0) is 0 Å². The van der Waals surface area contributed by atoms with Crippen LogP contribution < -0.4 is 0 Å². The van der Waals surface area contributed by atoms with E-state index in [4.69, 9.17) is 0 Å². The van der Waals surface area contributed by atoms with Crippen molar-refractivity contribution in [3.63, 3.8) is 0 Å². The molecule has 1 N–H and O–H groups in total. The largest absolute Gasteiger partial charge is 0.360 e. The van der Waals surface area contributed by atoms with Gasteiger partial charge in [0.25, 0.3) is 0 Å². The molecule has 0 saturated carbocycles. The third-order valence-corrected chi connectivity index (χ3v) is 3.26. The van der Waals surface area contributed by atoms with Gasteiger partial charge in [-0.05, 0) is 35.9 Å². The van der Waals surface area contributed by atoms with E-state index < -0.39 is 0 Å². The number of benzene rings is 1. The molecule has 0 unspecified atom stereocenters. The number of H-pyrrole nitrogens is 1. The minimum Gasteiger partial charge on any atom is -0.360 e. The van der Waals surface area contributed by atoms with Crippen LogP contribution in [0.5, 0.6) is 0 Å². The van der Waals surface area contributed by atoms with E-state index in [0.717, 1.165) is 27.0 Å². The van der Waals surface area contributed by atoms with Crippen molar-refractivity contribution >= 4 is 15.9 Å². The molecular formula is C14H10BrN3. The zero-order valence-corrected chi connectivity index (χ0v) is 11.1. The van der Waals surface area contributed by atoms with Gasteiger partial charge in [0.15, 0.2) is 0 Å². The van der Waals surface area contributed by atoms with E-state index in [1.165, 1.54) is 0 Å². The molecule has 18 heavy (non-hydrogen) atoms. The molecule has 0 radical (unpaired) electrons. The lowest BCUT2D eigenvalue weighted by Crippen LogP contribution is -1.91. The lowest BCUT2D eigenvalue weighted by Gasteiger charge is -2.06. The van der Waals surface area contributed by atoms with E-state index in [2.05, 4.69) is 43.2 Å². The second-order valence-corrected chi connectivity index (χ2v) is 4.80. The van der Waals surface area contributed by atoms with Crippen LogP contribution in [0.2, 0.25) is 0 Å². The first kappa shape index (κ1) is 11.2. The Morgan fingerprint density at radius 3 is 2.56 bits per heavy atom. The summed E-state index contributed by atoms with van der Waals surface area (Å²) in [6.07, 6.45) is 3.60. The summed E-state index contributed by atoms with van der Waals surface area (Å²) in [4.78, 5) is 3.16. The number of nitrogens with zero attached hydrogens (tertiary/aromatic N) is 2. The molecule has 0 bridgehead atoms. The SMILES string of the molecule is Brc1ccc(-c2ccnnc2-c2ccc[nH]2)cc1. The fourth-order valence-electron chi connectivity index (χ4n) is 1.87. The molecular weight excluding hydrogens is 290 g/mol. The van der Waals surface area contributed by atoms with Crippen molar-refractivity contribution in [2.24, 2.45) is 0 Å². The Labute approximate surface area is 113 Å². The molecule has 2 aromatic heterocycles. The fourth-order valence-corrected chi connectivity index (χ4v) is 2.14. The summed E-state index contributed by atoms with van der Waals surface area (Å²) in [5.41, 5.74) is 4.03. The zero-order chi connectivity index (χ0) is 12.4. The fraction of sp³-hybridized carbons (Fsp3) is 0.